The Kier molecular flexibility index (Phi) is 53.5. The SMILES string of the molecule is CCCCCCCCCCCCCCCCCCCCCCC(O)C(CO)NC(=O)CCCCCCCCCCCCCCCCCOC(=O)CCCCCCCCCCCCCC. The first-order valence-electron chi connectivity index (χ1n) is 29.3. The molecule has 0 rings (SSSR count). The first-order chi connectivity index (χ1) is 31.5. The molecule has 0 saturated carbocycles. The highest BCUT2D eigenvalue weighted by Crippen LogP contribution is 2.18. The Balaban J connectivity index is 3.42. The Labute approximate surface area is 400 Å². The van der Waals surface area contributed by atoms with E-state index in [1.807, 2.05) is 0 Å². The van der Waals surface area contributed by atoms with Crippen molar-refractivity contribution in [1.82, 2.24) is 5.32 Å². The van der Waals surface area contributed by atoms with E-state index in [2.05, 4.69) is 19.2 Å². The van der Waals surface area contributed by atoms with Crippen molar-refractivity contribution in [1.29, 1.82) is 0 Å². The Hall–Kier alpha value is -1.14. The third-order valence-corrected chi connectivity index (χ3v) is 13.9. The molecule has 2 unspecified atom stereocenters. The molecule has 0 spiro atoms. The molecule has 0 aliphatic heterocycles. The van der Waals surface area contributed by atoms with Crippen LogP contribution >= 0.6 is 0 Å². The van der Waals surface area contributed by atoms with Crippen molar-refractivity contribution in [3.05, 3.63) is 0 Å². The molecule has 0 bridgehead atoms. The maximum atomic E-state index is 12.5. The van der Waals surface area contributed by atoms with Crippen molar-refractivity contribution in [2.45, 2.75) is 347 Å². The molecule has 0 aromatic heterocycles. The number of hydrogen-bond donors (Lipinski definition) is 3. The summed E-state index contributed by atoms with van der Waals surface area (Å²) >= 11 is 0. The van der Waals surface area contributed by atoms with Crippen LogP contribution in [0, 0.1) is 0 Å². The van der Waals surface area contributed by atoms with Crippen molar-refractivity contribution < 1.29 is 24.5 Å². The van der Waals surface area contributed by atoms with Crippen molar-refractivity contribution >= 4 is 11.9 Å². The summed E-state index contributed by atoms with van der Waals surface area (Å²) in [6, 6.07) is -0.547. The number of carbonyl (C=O) groups excluding carboxylic acids is 2. The minimum atomic E-state index is -0.669. The van der Waals surface area contributed by atoms with Gasteiger partial charge in [0.2, 0.25) is 5.91 Å². The zero-order valence-electron chi connectivity index (χ0n) is 43.5. The minimum absolute atomic E-state index is 0.00258. The number of nitrogens with one attached hydrogen (secondary N) is 1. The predicted molar refractivity (Wildman–Crippen MR) is 278 cm³/mol. The number of amides is 1. The number of unbranched alkanes of at least 4 members (excludes halogenated alkanes) is 44. The number of aliphatic hydroxyl groups is 2. The van der Waals surface area contributed by atoms with E-state index >= 15 is 0 Å². The summed E-state index contributed by atoms with van der Waals surface area (Å²) in [6.07, 6.45) is 62.3. The monoisotopic (exact) mass is 906 g/mol. The lowest BCUT2D eigenvalue weighted by Crippen LogP contribution is -2.45. The standard InChI is InChI=1S/C58H115NO5/c1-3-5-7-9-11-13-15-17-18-19-20-21-22-24-27-30-34-38-42-46-50-56(61)55(54-60)59-57(62)51-47-43-39-35-31-28-25-23-26-29-33-37-41-45-49-53-64-58(63)52-48-44-40-36-32-16-14-12-10-8-6-4-2/h55-56,60-61H,3-54H2,1-2H3,(H,59,62). The third-order valence-electron chi connectivity index (χ3n) is 13.9. The zero-order chi connectivity index (χ0) is 46.5. The van der Waals surface area contributed by atoms with E-state index in [1.165, 1.54) is 257 Å². The number of ether oxygens (including phenoxy) is 1. The van der Waals surface area contributed by atoms with Crippen LogP contribution in [-0.4, -0.2) is 47.4 Å². The van der Waals surface area contributed by atoms with Gasteiger partial charge in [0.1, 0.15) is 0 Å². The highest BCUT2D eigenvalue weighted by Gasteiger charge is 2.20. The van der Waals surface area contributed by atoms with Gasteiger partial charge in [-0.05, 0) is 25.7 Å². The summed E-state index contributed by atoms with van der Waals surface area (Å²) in [6.45, 7) is 4.96. The summed E-state index contributed by atoms with van der Waals surface area (Å²) < 4.78 is 5.46. The van der Waals surface area contributed by atoms with E-state index in [1.54, 1.807) is 0 Å². The molecule has 64 heavy (non-hydrogen) atoms. The van der Waals surface area contributed by atoms with E-state index in [0.717, 1.165) is 44.9 Å². The molecule has 2 atom stereocenters. The molecule has 0 fully saturated rings. The lowest BCUT2D eigenvalue weighted by atomic mass is 10.0. The summed E-state index contributed by atoms with van der Waals surface area (Å²) in [7, 11) is 0. The average molecular weight is 907 g/mol. The Morgan fingerprint density at radius 2 is 0.641 bits per heavy atom. The number of aliphatic hydroxyl groups excluding tert-OH is 2. The minimum Gasteiger partial charge on any atom is -0.466 e. The van der Waals surface area contributed by atoms with E-state index in [9.17, 15) is 19.8 Å². The molecule has 0 aliphatic rings. The van der Waals surface area contributed by atoms with Crippen molar-refractivity contribution in [3.63, 3.8) is 0 Å². The fraction of sp³-hybridized carbons (Fsp3) is 0.966. The fourth-order valence-electron chi connectivity index (χ4n) is 9.41. The summed E-state index contributed by atoms with van der Waals surface area (Å²) in [5.74, 6) is -0.0368. The second-order valence-electron chi connectivity index (χ2n) is 20.3. The number of esters is 1. The van der Waals surface area contributed by atoms with E-state index in [4.69, 9.17) is 4.74 Å². The van der Waals surface area contributed by atoms with E-state index in [0.29, 0.717) is 25.9 Å². The fourth-order valence-corrected chi connectivity index (χ4v) is 9.41. The Morgan fingerprint density at radius 3 is 0.953 bits per heavy atom. The molecule has 0 aromatic rings. The molecule has 0 aliphatic carbocycles. The molecule has 6 heteroatoms. The van der Waals surface area contributed by atoms with Gasteiger partial charge in [0.25, 0.3) is 0 Å². The van der Waals surface area contributed by atoms with E-state index < -0.39 is 12.1 Å². The van der Waals surface area contributed by atoms with E-state index in [-0.39, 0.29) is 18.5 Å². The largest absolute Gasteiger partial charge is 0.466 e. The summed E-state index contributed by atoms with van der Waals surface area (Å²) in [4.78, 5) is 24.5. The van der Waals surface area contributed by atoms with Crippen LogP contribution in [0.3, 0.4) is 0 Å². The Morgan fingerprint density at radius 1 is 0.375 bits per heavy atom. The predicted octanol–water partition coefficient (Wildman–Crippen LogP) is 17.9. The molecule has 1 amide bonds. The molecule has 0 heterocycles. The van der Waals surface area contributed by atoms with Gasteiger partial charge in [-0.25, -0.2) is 0 Å². The van der Waals surface area contributed by atoms with Crippen LogP contribution < -0.4 is 5.32 Å². The van der Waals surface area contributed by atoms with Crippen LogP contribution in [0.5, 0.6) is 0 Å². The normalized spacial score (nSPS) is 12.5. The first-order valence-corrected chi connectivity index (χ1v) is 29.3. The van der Waals surface area contributed by atoms with Crippen molar-refractivity contribution in [3.8, 4) is 0 Å². The van der Waals surface area contributed by atoms with Crippen LogP contribution in [0.25, 0.3) is 0 Å². The summed E-state index contributed by atoms with van der Waals surface area (Å²) in [5, 5.41) is 23.3. The van der Waals surface area contributed by atoms with Gasteiger partial charge < -0.3 is 20.3 Å². The molecule has 6 nitrogen and oxygen atoms in total. The van der Waals surface area contributed by atoms with Crippen molar-refractivity contribution in [2.75, 3.05) is 13.2 Å². The van der Waals surface area contributed by atoms with Gasteiger partial charge in [-0.15, -0.1) is 0 Å². The van der Waals surface area contributed by atoms with Gasteiger partial charge in [-0.2, -0.15) is 0 Å². The van der Waals surface area contributed by atoms with Gasteiger partial charge in [-0.3, -0.25) is 9.59 Å². The number of rotatable bonds is 55. The van der Waals surface area contributed by atoms with Gasteiger partial charge in [-0.1, -0.05) is 296 Å². The number of carbonyl (C=O) groups is 2. The van der Waals surface area contributed by atoms with Gasteiger partial charge in [0.15, 0.2) is 0 Å². The van der Waals surface area contributed by atoms with Crippen LogP contribution in [0.4, 0.5) is 0 Å². The smallest absolute Gasteiger partial charge is 0.305 e. The maximum absolute atomic E-state index is 12.5. The molecule has 0 saturated heterocycles. The highest BCUT2D eigenvalue weighted by atomic mass is 16.5. The second-order valence-corrected chi connectivity index (χ2v) is 20.3. The third kappa shape index (κ3) is 50.3. The molecule has 382 valence electrons. The quantitative estimate of drug-likeness (QED) is 0.0417. The Bertz CT molecular complexity index is 913. The second kappa shape index (κ2) is 54.5. The lowest BCUT2D eigenvalue weighted by molar-refractivity contribution is -0.143. The van der Waals surface area contributed by atoms with Crippen molar-refractivity contribution in [2.24, 2.45) is 0 Å². The topological polar surface area (TPSA) is 95.9 Å². The molecular formula is C58H115NO5. The molecular weight excluding hydrogens is 791 g/mol. The van der Waals surface area contributed by atoms with Gasteiger partial charge in [0.05, 0.1) is 25.4 Å². The maximum Gasteiger partial charge on any atom is 0.305 e. The van der Waals surface area contributed by atoms with Gasteiger partial charge >= 0.3 is 5.97 Å². The first kappa shape index (κ1) is 62.9. The zero-order valence-corrected chi connectivity index (χ0v) is 43.5. The van der Waals surface area contributed by atoms with Crippen LogP contribution in [0.15, 0.2) is 0 Å². The highest BCUT2D eigenvalue weighted by molar-refractivity contribution is 5.76. The average Bonchev–Trinajstić information content (AvgIpc) is 3.29. The van der Waals surface area contributed by atoms with Crippen LogP contribution in [0.2, 0.25) is 0 Å². The van der Waals surface area contributed by atoms with Crippen LogP contribution in [0.1, 0.15) is 335 Å². The molecule has 0 aromatic carbocycles. The number of hydrogen-bond acceptors (Lipinski definition) is 5. The van der Waals surface area contributed by atoms with Crippen LogP contribution in [-0.2, 0) is 14.3 Å². The lowest BCUT2D eigenvalue weighted by Gasteiger charge is -2.22. The molecule has 0 radical (unpaired) electrons. The summed E-state index contributed by atoms with van der Waals surface area (Å²) in [5.41, 5.74) is 0. The molecule has 3 N–H and O–H groups in total. The van der Waals surface area contributed by atoms with Gasteiger partial charge in [0, 0.05) is 12.8 Å².